The maximum Gasteiger partial charge on any atom is 0.123 e. The molecular formula is C20H29F. The second-order valence-electron chi connectivity index (χ2n) is 6.77. The lowest BCUT2D eigenvalue weighted by Gasteiger charge is -2.37. The Hall–Kier alpha value is -1.11. The summed E-state index contributed by atoms with van der Waals surface area (Å²) in [4.78, 5) is 0. The van der Waals surface area contributed by atoms with E-state index in [1.165, 1.54) is 56.9 Å². The van der Waals surface area contributed by atoms with Crippen molar-refractivity contribution >= 4 is 0 Å². The number of hydrogen-bond acceptors (Lipinski definition) is 0. The Morgan fingerprint density at radius 1 is 1.00 bits per heavy atom. The van der Waals surface area contributed by atoms with E-state index in [-0.39, 0.29) is 11.2 Å². The largest absolute Gasteiger partial charge is 0.207 e. The van der Waals surface area contributed by atoms with Crippen molar-refractivity contribution in [1.29, 1.82) is 0 Å². The first kappa shape index (κ1) is 16.3. The Labute approximate surface area is 129 Å². The minimum Gasteiger partial charge on any atom is -0.207 e. The normalized spacial score (nSPS) is 28.6. The first-order chi connectivity index (χ1) is 10.2. The molecule has 1 fully saturated rings. The van der Waals surface area contributed by atoms with Gasteiger partial charge in [0, 0.05) is 0 Å². The summed E-state index contributed by atoms with van der Waals surface area (Å²) in [5.74, 6) is 0.374. The third-order valence-corrected chi connectivity index (χ3v) is 5.07. The molecule has 1 aliphatic carbocycles. The molecule has 1 aromatic carbocycles. The highest BCUT2D eigenvalue weighted by atomic mass is 19.1. The zero-order chi connectivity index (χ0) is 15.1. The SMILES string of the molecule is C/C=C/C1(C)CCCCCCCCC1c1ccc(F)cc1. The molecule has 1 aliphatic rings. The number of benzene rings is 1. The molecule has 0 spiro atoms. The number of rotatable bonds is 2. The summed E-state index contributed by atoms with van der Waals surface area (Å²) in [6.45, 7) is 4.51. The number of allylic oxidation sites excluding steroid dienone is 2. The molecule has 0 aliphatic heterocycles. The third-order valence-electron chi connectivity index (χ3n) is 5.07. The van der Waals surface area contributed by atoms with E-state index in [9.17, 15) is 4.39 Å². The van der Waals surface area contributed by atoms with Gasteiger partial charge >= 0.3 is 0 Å². The molecule has 0 saturated heterocycles. The lowest BCUT2D eigenvalue weighted by atomic mass is 9.67. The maximum absolute atomic E-state index is 13.2. The van der Waals surface area contributed by atoms with Gasteiger partial charge in [0.1, 0.15) is 5.82 Å². The van der Waals surface area contributed by atoms with Crippen LogP contribution in [0.25, 0.3) is 0 Å². The van der Waals surface area contributed by atoms with E-state index < -0.39 is 0 Å². The maximum atomic E-state index is 13.2. The lowest BCUT2D eigenvalue weighted by molar-refractivity contribution is 0.270. The summed E-state index contributed by atoms with van der Waals surface area (Å²) in [5, 5.41) is 0. The summed E-state index contributed by atoms with van der Waals surface area (Å²) >= 11 is 0. The monoisotopic (exact) mass is 288 g/mol. The van der Waals surface area contributed by atoms with E-state index in [2.05, 4.69) is 26.0 Å². The minimum atomic E-state index is -0.133. The predicted molar refractivity (Wildman–Crippen MR) is 89.0 cm³/mol. The van der Waals surface area contributed by atoms with Crippen LogP contribution in [-0.2, 0) is 0 Å². The van der Waals surface area contributed by atoms with Gasteiger partial charge < -0.3 is 0 Å². The summed E-state index contributed by atoms with van der Waals surface area (Å²) in [5.41, 5.74) is 1.50. The van der Waals surface area contributed by atoms with E-state index in [4.69, 9.17) is 0 Å². The van der Waals surface area contributed by atoms with Gasteiger partial charge in [-0.2, -0.15) is 0 Å². The zero-order valence-corrected chi connectivity index (χ0v) is 13.6. The molecule has 0 radical (unpaired) electrons. The number of halogens is 1. The predicted octanol–water partition coefficient (Wildman–Crippen LogP) is 6.63. The fourth-order valence-corrected chi connectivity index (χ4v) is 3.89. The van der Waals surface area contributed by atoms with Crippen LogP contribution in [0.5, 0.6) is 0 Å². The first-order valence-corrected chi connectivity index (χ1v) is 8.55. The van der Waals surface area contributed by atoms with Crippen molar-refractivity contribution in [2.24, 2.45) is 5.41 Å². The molecule has 0 N–H and O–H groups in total. The van der Waals surface area contributed by atoms with Crippen molar-refractivity contribution in [3.63, 3.8) is 0 Å². The molecule has 2 atom stereocenters. The van der Waals surface area contributed by atoms with Crippen LogP contribution in [0.4, 0.5) is 4.39 Å². The Morgan fingerprint density at radius 2 is 1.62 bits per heavy atom. The van der Waals surface area contributed by atoms with Crippen molar-refractivity contribution < 1.29 is 4.39 Å². The molecule has 0 nitrogen and oxygen atoms in total. The van der Waals surface area contributed by atoms with Crippen molar-refractivity contribution in [2.75, 3.05) is 0 Å². The Bertz CT molecular complexity index is 445. The molecule has 2 rings (SSSR count). The standard InChI is InChI=1S/C20H29F/c1-3-15-20(2)16-9-7-5-4-6-8-10-19(20)17-11-13-18(21)14-12-17/h3,11-15,19H,4-10,16H2,1-2H3/b15-3+. The van der Waals surface area contributed by atoms with Crippen molar-refractivity contribution in [1.82, 2.24) is 0 Å². The van der Waals surface area contributed by atoms with Gasteiger partial charge in [0.15, 0.2) is 0 Å². The number of hydrogen-bond donors (Lipinski definition) is 0. The fourth-order valence-electron chi connectivity index (χ4n) is 3.89. The van der Waals surface area contributed by atoms with Gasteiger partial charge in [-0.25, -0.2) is 4.39 Å². The fraction of sp³-hybridized carbons (Fsp3) is 0.600. The Kier molecular flexibility index (Phi) is 6.02. The molecule has 1 heteroatoms. The van der Waals surface area contributed by atoms with E-state index in [0.717, 1.165) is 0 Å². The molecule has 116 valence electrons. The van der Waals surface area contributed by atoms with Crippen LogP contribution in [0.2, 0.25) is 0 Å². The van der Waals surface area contributed by atoms with Crippen LogP contribution in [0, 0.1) is 11.2 Å². The molecule has 0 bridgehead atoms. The highest BCUT2D eigenvalue weighted by Crippen LogP contribution is 2.45. The molecule has 0 heterocycles. The van der Waals surface area contributed by atoms with Crippen LogP contribution < -0.4 is 0 Å². The summed E-state index contributed by atoms with van der Waals surface area (Å²) < 4.78 is 13.2. The van der Waals surface area contributed by atoms with E-state index in [0.29, 0.717) is 5.92 Å². The van der Waals surface area contributed by atoms with E-state index >= 15 is 0 Å². The second kappa shape index (κ2) is 7.77. The summed E-state index contributed by atoms with van der Waals surface area (Å²) in [6, 6.07) is 7.22. The summed E-state index contributed by atoms with van der Waals surface area (Å²) in [7, 11) is 0. The average molecular weight is 288 g/mol. The van der Waals surface area contributed by atoms with Gasteiger partial charge in [0.2, 0.25) is 0 Å². The highest BCUT2D eigenvalue weighted by Gasteiger charge is 2.32. The molecule has 2 unspecified atom stereocenters. The van der Waals surface area contributed by atoms with Crippen LogP contribution in [-0.4, -0.2) is 0 Å². The Morgan fingerprint density at radius 3 is 2.29 bits per heavy atom. The summed E-state index contributed by atoms with van der Waals surface area (Å²) in [6.07, 6.45) is 15.1. The Balaban J connectivity index is 2.29. The van der Waals surface area contributed by atoms with Crippen molar-refractivity contribution in [2.45, 2.75) is 71.1 Å². The van der Waals surface area contributed by atoms with Gasteiger partial charge in [-0.15, -0.1) is 0 Å². The van der Waals surface area contributed by atoms with Crippen molar-refractivity contribution in [3.8, 4) is 0 Å². The van der Waals surface area contributed by atoms with Gasteiger partial charge in [-0.3, -0.25) is 0 Å². The van der Waals surface area contributed by atoms with Crippen LogP contribution in [0.1, 0.15) is 76.7 Å². The lowest BCUT2D eigenvalue weighted by Crippen LogP contribution is -2.24. The zero-order valence-electron chi connectivity index (χ0n) is 13.6. The second-order valence-corrected chi connectivity index (χ2v) is 6.77. The molecule has 1 aromatic rings. The van der Waals surface area contributed by atoms with E-state index in [1.54, 1.807) is 12.1 Å². The molecule has 0 amide bonds. The smallest absolute Gasteiger partial charge is 0.123 e. The molecule has 0 aromatic heterocycles. The quantitative estimate of drug-likeness (QED) is 0.536. The third kappa shape index (κ3) is 4.43. The van der Waals surface area contributed by atoms with Gasteiger partial charge in [-0.1, -0.05) is 69.7 Å². The van der Waals surface area contributed by atoms with Crippen LogP contribution >= 0.6 is 0 Å². The first-order valence-electron chi connectivity index (χ1n) is 8.55. The molecule has 21 heavy (non-hydrogen) atoms. The van der Waals surface area contributed by atoms with Gasteiger partial charge in [-0.05, 0) is 48.8 Å². The highest BCUT2D eigenvalue weighted by molar-refractivity contribution is 5.25. The molecular weight excluding hydrogens is 259 g/mol. The van der Waals surface area contributed by atoms with Gasteiger partial charge in [0.05, 0.1) is 0 Å². The topological polar surface area (TPSA) is 0 Å². The van der Waals surface area contributed by atoms with Crippen LogP contribution in [0.15, 0.2) is 36.4 Å². The van der Waals surface area contributed by atoms with Crippen molar-refractivity contribution in [3.05, 3.63) is 47.8 Å². The minimum absolute atomic E-state index is 0.133. The van der Waals surface area contributed by atoms with Crippen LogP contribution in [0.3, 0.4) is 0 Å². The average Bonchev–Trinajstić information content (AvgIpc) is 2.47. The molecule has 1 saturated carbocycles. The van der Waals surface area contributed by atoms with E-state index in [1.807, 2.05) is 12.1 Å². The van der Waals surface area contributed by atoms with Gasteiger partial charge in [0.25, 0.3) is 0 Å².